The van der Waals surface area contributed by atoms with Crippen molar-refractivity contribution in [1.29, 1.82) is 0 Å². The third-order valence-electron chi connectivity index (χ3n) is 4.45. The summed E-state index contributed by atoms with van der Waals surface area (Å²) in [6, 6.07) is 0.669. The molecule has 1 fully saturated rings. The highest BCUT2D eigenvalue weighted by atomic mass is 16.4. The van der Waals surface area contributed by atoms with E-state index < -0.39 is 11.9 Å². The average Bonchev–Trinajstić information content (AvgIpc) is 2.43. The molecule has 1 saturated heterocycles. The molecule has 6 nitrogen and oxygen atoms in total. The molecule has 1 atom stereocenters. The highest BCUT2D eigenvalue weighted by Gasteiger charge is 2.37. The predicted octanol–water partition coefficient (Wildman–Crippen LogP) is 2.40. The molecule has 0 amide bonds. The first-order valence-electron chi connectivity index (χ1n) is 8.65. The standard InChI is InChI=1S/C16H30N2.C2H2O4/c1-15(2)10-14(11-16(3,4)18-15)17-12-13-8-6-5-7-9-13;3-1(4)2(5)6/h5-6,13-14,17-18H,7-12H2,1-4H3;(H,3,4)(H,5,6). The number of carboxylic acids is 2. The van der Waals surface area contributed by atoms with Gasteiger partial charge in [0, 0.05) is 17.1 Å². The lowest BCUT2D eigenvalue weighted by atomic mass is 9.79. The highest BCUT2D eigenvalue weighted by Crippen LogP contribution is 2.29. The van der Waals surface area contributed by atoms with Crippen LogP contribution in [0, 0.1) is 5.92 Å². The predicted molar refractivity (Wildman–Crippen MR) is 94.1 cm³/mol. The van der Waals surface area contributed by atoms with Crippen LogP contribution in [0.15, 0.2) is 12.2 Å². The molecule has 2 aliphatic rings. The van der Waals surface area contributed by atoms with E-state index in [2.05, 4.69) is 50.5 Å². The topological polar surface area (TPSA) is 98.7 Å². The minimum absolute atomic E-state index is 0.256. The Labute approximate surface area is 144 Å². The van der Waals surface area contributed by atoms with Crippen LogP contribution in [-0.4, -0.2) is 45.8 Å². The second kappa shape index (κ2) is 8.62. The molecule has 1 unspecified atom stereocenters. The number of aliphatic carboxylic acids is 2. The van der Waals surface area contributed by atoms with E-state index in [4.69, 9.17) is 19.8 Å². The molecule has 0 aromatic rings. The van der Waals surface area contributed by atoms with Gasteiger partial charge in [0.15, 0.2) is 0 Å². The molecule has 0 bridgehead atoms. The van der Waals surface area contributed by atoms with E-state index in [0.29, 0.717) is 6.04 Å². The van der Waals surface area contributed by atoms with Crippen LogP contribution in [0.25, 0.3) is 0 Å². The number of hydrogen-bond donors (Lipinski definition) is 4. The average molecular weight is 340 g/mol. The van der Waals surface area contributed by atoms with E-state index in [1.807, 2.05) is 0 Å². The van der Waals surface area contributed by atoms with Crippen LogP contribution < -0.4 is 10.6 Å². The second-order valence-corrected chi connectivity index (χ2v) is 8.17. The van der Waals surface area contributed by atoms with Gasteiger partial charge in [0.05, 0.1) is 0 Å². The van der Waals surface area contributed by atoms with Gasteiger partial charge in [0.25, 0.3) is 0 Å². The number of nitrogens with one attached hydrogen (secondary N) is 2. The Balaban J connectivity index is 0.000000413. The lowest BCUT2D eigenvalue weighted by molar-refractivity contribution is -0.159. The van der Waals surface area contributed by atoms with E-state index >= 15 is 0 Å². The van der Waals surface area contributed by atoms with Gasteiger partial charge in [0.2, 0.25) is 0 Å². The fourth-order valence-corrected chi connectivity index (χ4v) is 3.84. The number of piperidine rings is 1. The van der Waals surface area contributed by atoms with Crippen molar-refractivity contribution in [3.8, 4) is 0 Å². The third kappa shape index (κ3) is 7.93. The molecule has 2 rings (SSSR count). The summed E-state index contributed by atoms with van der Waals surface area (Å²) in [7, 11) is 0. The summed E-state index contributed by atoms with van der Waals surface area (Å²) in [4.78, 5) is 18.2. The summed E-state index contributed by atoms with van der Waals surface area (Å²) >= 11 is 0. The summed E-state index contributed by atoms with van der Waals surface area (Å²) in [5, 5.41) is 22.4. The fourth-order valence-electron chi connectivity index (χ4n) is 3.84. The Kier molecular flexibility index (Phi) is 7.42. The smallest absolute Gasteiger partial charge is 0.414 e. The first kappa shape index (κ1) is 20.6. The minimum Gasteiger partial charge on any atom is -0.473 e. The molecule has 138 valence electrons. The molecule has 0 saturated carbocycles. The van der Waals surface area contributed by atoms with Crippen LogP contribution >= 0.6 is 0 Å². The SMILES string of the molecule is CC1(C)CC(NCC2CC=CCC2)CC(C)(C)N1.O=C(O)C(=O)O. The van der Waals surface area contributed by atoms with E-state index in [-0.39, 0.29) is 11.1 Å². The van der Waals surface area contributed by atoms with Crippen LogP contribution in [0.5, 0.6) is 0 Å². The van der Waals surface area contributed by atoms with Crippen molar-refractivity contribution >= 4 is 11.9 Å². The molecule has 1 heterocycles. The fraction of sp³-hybridized carbons (Fsp3) is 0.778. The van der Waals surface area contributed by atoms with Crippen molar-refractivity contribution in [2.45, 2.75) is 76.9 Å². The Hall–Kier alpha value is -1.40. The summed E-state index contributed by atoms with van der Waals surface area (Å²) in [6.07, 6.45) is 11.1. The first-order valence-corrected chi connectivity index (χ1v) is 8.65. The molecule has 1 aliphatic carbocycles. The molecule has 0 aromatic carbocycles. The van der Waals surface area contributed by atoms with Crippen LogP contribution in [0.4, 0.5) is 0 Å². The van der Waals surface area contributed by atoms with Gasteiger partial charge in [-0.15, -0.1) is 0 Å². The van der Waals surface area contributed by atoms with Gasteiger partial charge in [-0.1, -0.05) is 12.2 Å². The van der Waals surface area contributed by atoms with Crippen LogP contribution in [-0.2, 0) is 9.59 Å². The molecule has 4 N–H and O–H groups in total. The van der Waals surface area contributed by atoms with Gasteiger partial charge in [-0.3, -0.25) is 0 Å². The summed E-state index contributed by atoms with van der Waals surface area (Å²) < 4.78 is 0. The summed E-state index contributed by atoms with van der Waals surface area (Å²) in [5.74, 6) is -2.79. The van der Waals surface area contributed by atoms with Crippen molar-refractivity contribution in [3.05, 3.63) is 12.2 Å². The van der Waals surface area contributed by atoms with Crippen LogP contribution in [0.3, 0.4) is 0 Å². The Morgan fingerprint density at radius 1 is 1.08 bits per heavy atom. The number of hydrogen-bond acceptors (Lipinski definition) is 4. The quantitative estimate of drug-likeness (QED) is 0.465. The Morgan fingerprint density at radius 2 is 1.62 bits per heavy atom. The number of rotatable bonds is 3. The van der Waals surface area contributed by atoms with E-state index in [1.165, 1.54) is 38.6 Å². The van der Waals surface area contributed by atoms with E-state index in [9.17, 15) is 0 Å². The van der Waals surface area contributed by atoms with Crippen molar-refractivity contribution < 1.29 is 19.8 Å². The lowest BCUT2D eigenvalue weighted by Crippen LogP contribution is -2.61. The molecular weight excluding hydrogens is 308 g/mol. The zero-order valence-corrected chi connectivity index (χ0v) is 15.3. The van der Waals surface area contributed by atoms with Gasteiger partial charge in [0.1, 0.15) is 0 Å². The van der Waals surface area contributed by atoms with E-state index in [1.54, 1.807) is 0 Å². The van der Waals surface area contributed by atoms with Crippen molar-refractivity contribution in [2.75, 3.05) is 6.54 Å². The largest absolute Gasteiger partial charge is 0.473 e. The van der Waals surface area contributed by atoms with Crippen molar-refractivity contribution in [2.24, 2.45) is 5.92 Å². The summed E-state index contributed by atoms with van der Waals surface area (Å²) in [5.41, 5.74) is 0.512. The molecule has 1 aliphatic heterocycles. The Morgan fingerprint density at radius 3 is 2.04 bits per heavy atom. The van der Waals surface area contributed by atoms with E-state index in [0.717, 1.165) is 5.92 Å². The van der Waals surface area contributed by atoms with Gasteiger partial charge < -0.3 is 20.8 Å². The number of allylic oxidation sites excluding steroid dienone is 2. The highest BCUT2D eigenvalue weighted by molar-refractivity contribution is 6.27. The maximum atomic E-state index is 9.10. The molecule has 0 radical (unpaired) electrons. The minimum atomic E-state index is -1.82. The monoisotopic (exact) mass is 340 g/mol. The first-order chi connectivity index (χ1) is 11.0. The molecule has 0 spiro atoms. The Bertz CT molecular complexity index is 444. The molecule has 0 aromatic heterocycles. The van der Waals surface area contributed by atoms with Gasteiger partial charge in [-0.05, 0) is 72.3 Å². The zero-order chi connectivity index (χ0) is 18.4. The lowest BCUT2D eigenvalue weighted by Gasteiger charge is -2.47. The molecule has 24 heavy (non-hydrogen) atoms. The maximum absolute atomic E-state index is 9.10. The molecule has 6 heteroatoms. The maximum Gasteiger partial charge on any atom is 0.414 e. The van der Waals surface area contributed by atoms with Gasteiger partial charge >= 0.3 is 11.9 Å². The van der Waals surface area contributed by atoms with Gasteiger partial charge in [-0.25, -0.2) is 9.59 Å². The number of carbonyl (C=O) groups is 2. The van der Waals surface area contributed by atoms with Crippen LogP contribution in [0.2, 0.25) is 0 Å². The normalized spacial score (nSPS) is 25.4. The molecular formula is C18H32N2O4. The van der Waals surface area contributed by atoms with Crippen LogP contribution in [0.1, 0.15) is 59.8 Å². The third-order valence-corrected chi connectivity index (χ3v) is 4.45. The van der Waals surface area contributed by atoms with Crippen molar-refractivity contribution in [3.63, 3.8) is 0 Å². The zero-order valence-electron chi connectivity index (χ0n) is 15.3. The second-order valence-electron chi connectivity index (χ2n) is 8.17. The number of carboxylic acid groups (broad SMARTS) is 2. The summed E-state index contributed by atoms with van der Waals surface area (Å²) in [6.45, 7) is 10.5. The van der Waals surface area contributed by atoms with Gasteiger partial charge in [-0.2, -0.15) is 0 Å². The van der Waals surface area contributed by atoms with Crippen molar-refractivity contribution in [1.82, 2.24) is 10.6 Å².